The molecular formula is C15H25N3OSi. The van der Waals surface area contributed by atoms with E-state index in [4.69, 9.17) is 4.43 Å². The van der Waals surface area contributed by atoms with Crippen molar-refractivity contribution in [1.29, 1.82) is 0 Å². The summed E-state index contributed by atoms with van der Waals surface area (Å²) in [5, 5.41) is 0.217. The van der Waals surface area contributed by atoms with Gasteiger partial charge in [-0.2, -0.15) is 0 Å². The Labute approximate surface area is 122 Å². The average Bonchev–Trinajstić information content (AvgIpc) is 2.72. The summed E-state index contributed by atoms with van der Waals surface area (Å²) in [5.74, 6) is 0.978. The Hall–Kier alpha value is -1.20. The zero-order valence-corrected chi connectivity index (χ0v) is 14.4. The van der Waals surface area contributed by atoms with Crippen LogP contribution in [0.3, 0.4) is 0 Å². The molecule has 0 saturated heterocycles. The maximum Gasteiger partial charge on any atom is 0.192 e. The van der Waals surface area contributed by atoms with Crippen LogP contribution in [-0.4, -0.2) is 22.9 Å². The minimum absolute atomic E-state index is 0.217. The van der Waals surface area contributed by atoms with Crippen LogP contribution in [0.4, 0.5) is 0 Å². The fraction of sp³-hybridized carbons (Fsp3) is 0.600. The summed E-state index contributed by atoms with van der Waals surface area (Å²) < 4.78 is 8.42. The predicted molar refractivity (Wildman–Crippen MR) is 85.2 cm³/mol. The summed E-state index contributed by atoms with van der Waals surface area (Å²) in [6.45, 7) is 14.8. The predicted octanol–water partition coefficient (Wildman–Crippen LogP) is 3.97. The molecule has 0 amide bonds. The van der Waals surface area contributed by atoms with Crippen molar-refractivity contribution in [3.05, 3.63) is 24.2 Å². The van der Waals surface area contributed by atoms with Crippen LogP contribution in [0.15, 0.2) is 18.3 Å². The third kappa shape index (κ3) is 2.78. The zero-order valence-electron chi connectivity index (χ0n) is 13.4. The summed E-state index contributed by atoms with van der Waals surface area (Å²) >= 11 is 0. The van der Waals surface area contributed by atoms with E-state index in [1.54, 1.807) is 0 Å². The molecule has 0 spiro atoms. The first-order valence-corrected chi connectivity index (χ1v) is 10.1. The lowest BCUT2D eigenvalue weighted by Gasteiger charge is -2.36. The van der Waals surface area contributed by atoms with Gasteiger partial charge in [-0.05, 0) is 37.2 Å². The third-order valence-electron chi connectivity index (χ3n) is 4.27. The Morgan fingerprint density at radius 1 is 1.30 bits per heavy atom. The lowest BCUT2D eigenvalue weighted by molar-refractivity contribution is 0.263. The fourth-order valence-electron chi connectivity index (χ4n) is 1.91. The first-order chi connectivity index (χ1) is 9.26. The van der Waals surface area contributed by atoms with E-state index < -0.39 is 8.32 Å². The molecule has 0 aromatic carbocycles. The van der Waals surface area contributed by atoms with Crippen molar-refractivity contribution in [3.63, 3.8) is 0 Å². The Bertz CT molecular complexity index is 599. The normalized spacial score (nSPS) is 13.1. The molecule has 0 atom stereocenters. The molecule has 0 bridgehead atoms. The Balaban J connectivity index is 2.26. The van der Waals surface area contributed by atoms with Crippen LogP contribution in [0.1, 0.15) is 33.5 Å². The molecule has 4 nitrogen and oxygen atoms in total. The molecule has 110 valence electrons. The molecule has 20 heavy (non-hydrogen) atoms. The summed E-state index contributed by atoms with van der Waals surface area (Å²) in [6, 6.07) is 3.93. The highest BCUT2D eigenvalue weighted by Gasteiger charge is 2.37. The van der Waals surface area contributed by atoms with Gasteiger partial charge in [0.2, 0.25) is 0 Å². The van der Waals surface area contributed by atoms with Gasteiger partial charge in [0.25, 0.3) is 0 Å². The average molecular weight is 291 g/mol. The molecule has 0 unspecified atom stereocenters. The fourth-order valence-corrected chi connectivity index (χ4v) is 2.83. The van der Waals surface area contributed by atoms with Crippen molar-refractivity contribution >= 4 is 19.5 Å². The molecule has 2 aromatic heterocycles. The number of aromatic nitrogens is 3. The smallest absolute Gasteiger partial charge is 0.192 e. The van der Waals surface area contributed by atoms with Gasteiger partial charge in [-0.1, -0.05) is 20.8 Å². The monoisotopic (exact) mass is 291 g/mol. The molecule has 2 aromatic rings. The molecule has 0 fully saturated rings. The van der Waals surface area contributed by atoms with Crippen LogP contribution < -0.4 is 0 Å². The van der Waals surface area contributed by atoms with E-state index in [1.807, 2.05) is 18.3 Å². The Morgan fingerprint density at radius 2 is 2.00 bits per heavy atom. The van der Waals surface area contributed by atoms with Crippen molar-refractivity contribution in [2.24, 2.45) is 0 Å². The van der Waals surface area contributed by atoms with Crippen LogP contribution in [0, 0.1) is 0 Å². The number of aryl methyl sites for hydroxylation is 1. The number of hydrogen-bond acceptors (Lipinski definition) is 3. The minimum atomic E-state index is -1.75. The molecule has 0 N–H and O–H groups in total. The van der Waals surface area contributed by atoms with E-state index in [0.29, 0.717) is 6.61 Å². The van der Waals surface area contributed by atoms with Gasteiger partial charge in [-0.15, -0.1) is 0 Å². The number of fused-ring (bicyclic) bond motifs is 1. The number of pyridine rings is 1. The van der Waals surface area contributed by atoms with Crippen molar-refractivity contribution in [2.45, 2.75) is 59.0 Å². The lowest BCUT2D eigenvalue weighted by atomic mass is 10.2. The second-order valence-corrected chi connectivity index (χ2v) is 11.5. The van der Waals surface area contributed by atoms with Crippen molar-refractivity contribution in [3.8, 4) is 0 Å². The zero-order chi connectivity index (χ0) is 15.0. The molecule has 2 heterocycles. The van der Waals surface area contributed by atoms with Crippen molar-refractivity contribution in [2.75, 3.05) is 0 Å². The Kier molecular flexibility index (Phi) is 4.02. The standard InChI is InChI=1S/C15H25N3OSi/c1-7-18-13(11-19-20(5,6)15(2,3)4)17-12-9-8-10-16-14(12)18/h8-10H,7,11H2,1-6H3. The Morgan fingerprint density at radius 3 is 2.60 bits per heavy atom. The third-order valence-corrected chi connectivity index (χ3v) is 8.75. The van der Waals surface area contributed by atoms with Crippen LogP contribution in [0.2, 0.25) is 18.1 Å². The van der Waals surface area contributed by atoms with E-state index in [0.717, 1.165) is 23.5 Å². The van der Waals surface area contributed by atoms with Gasteiger partial charge in [0.05, 0.1) is 6.61 Å². The molecule has 5 heteroatoms. The summed E-state index contributed by atoms with van der Waals surface area (Å²) in [4.78, 5) is 9.09. The van der Waals surface area contributed by atoms with E-state index in [9.17, 15) is 0 Å². The molecular weight excluding hydrogens is 266 g/mol. The quantitative estimate of drug-likeness (QED) is 0.800. The number of nitrogens with zero attached hydrogens (tertiary/aromatic N) is 3. The highest BCUT2D eigenvalue weighted by molar-refractivity contribution is 6.74. The molecule has 0 aliphatic rings. The van der Waals surface area contributed by atoms with Crippen LogP contribution in [0.5, 0.6) is 0 Å². The SMILES string of the molecule is CCn1c(CO[Si](C)(C)C(C)(C)C)nc2cccnc21. The van der Waals surface area contributed by atoms with Gasteiger partial charge in [0.1, 0.15) is 11.3 Å². The molecule has 2 rings (SSSR count). The highest BCUT2D eigenvalue weighted by atomic mass is 28.4. The van der Waals surface area contributed by atoms with E-state index in [-0.39, 0.29) is 5.04 Å². The molecule has 0 aliphatic heterocycles. The van der Waals surface area contributed by atoms with Gasteiger partial charge in [0.15, 0.2) is 14.0 Å². The highest BCUT2D eigenvalue weighted by Crippen LogP contribution is 2.37. The maximum atomic E-state index is 6.28. The van der Waals surface area contributed by atoms with Gasteiger partial charge in [-0.25, -0.2) is 9.97 Å². The number of hydrogen-bond donors (Lipinski definition) is 0. The molecule has 0 radical (unpaired) electrons. The lowest BCUT2D eigenvalue weighted by Crippen LogP contribution is -2.40. The van der Waals surface area contributed by atoms with Gasteiger partial charge >= 0.3 is 0 Å². The molecule has 0 aliphatic carbocycles. The summed E-state index contributed by atoms with van der Waals surface area (Å²) in [5.41, 5.74) is 1.90. The topological polar surface area (TPSA) is 39.9 Å². The largest absolute Gasteiger partial charge is 0.409 e. The van der Waals surface area contributed by atoms with E-state index >= 15 is 0 Å². The first kappa shape index (κ1) is 15.2. The van der Waals surface area contributed by atoms with Crippen LogP contribution in [-0.2, 0) is 17.6 Å². The summed E-state index contributed by atoms with van der Waals surface area (Å²) in [7, 11) is -1.75. The first-order valence-electron chi connectivity index (χ1n) is 7.20. The number of imidazole rings is 1. The summed E-state index contributed by atoms with van der Waals surface area (Å²) in [6.07, 6.45) is 1.81. The van der Waals surface area contributed by atoms with Gasteiger partial charge in [-0.3, -0.25) is 0 Å². The number of rotatable bonds is 4. The van der Waals surface area contributed by atoms with Crippen LogP contribution in [0.25, 0.3) is 11.2 Å². The van der Waals surface area contributed by atoms with Crippen molar-refractivity contribution < 1.29 is 4.43 Å². The maximum absolute atomic E-state index is 6.28. The van der Waals surface area contributed by atoms with E-state index in [2.05, 4.69) is 55.3 Å². The van der Waals surface area contributed by atoms with E-state index in [1.165, 1.54) is 0 Å². The minimum Gasteiger partial charge on any atom is -0.409 e. The van der Waals surface area contributed by atoms with Crippen LogP contribution >= 0.6 is 0 Å². The van der Waals surface area contributed by atoms with Gasteiger partial charge < -0.3 is 8.99 Å². The van der Waals surface area contributed by atoms with Gasteiger partial charge in [0, 0.05) is 12.7 Å². The second kappa shape index (κ2) is 5.29. The molecule has 0 saturated carbocycles. The second-order valence-electron chi connectivity index (χ2n) is 6.67. The van der Waals surface area contributed by atoms with Crippen molar-refractivity contribution in [1.82, 2.24) is 14.5 Å².